The van der Waals surface area contributed by atoms with E-state index in [1.165, 1.54) is 5.56 Å². The van der Waals surface area contributed by atoms with Crippen molar-refractivity contribution in [1.82, 2.24) is 5.32 Å². The van der Waals surface area contributed by atoms with Crippen LogP contribution in [0.3, 0.4) is 0 Å². The van der Waals surface area contributed by atoms with Gasteiger partial charge in [-0.05, 0) is 31.8 Å². The summed E-state index contributed by atoms with van der Waals surface area (Å²) >= 11 is 0. The molecule has 3 nitrogen and oxygen atoms in total. The van der Waals surface area contributed by atoms with E-state index in [2.05, 4.69) is 30.7 Å². The number of likely N-dealkylation sites (N-methyl/N-ethyl adjacent to an activating group) is 1. The summed E-state index contributed by atoms with van der Waals surface area (Å²) in [6.07, 6.45) is 1.51. The Morgan fingerprint density at radius 2 is 1.91 bits per heavy atom. The molecule has 0 amide bonds. The number of carbonyl (C=O) groups excluding carboxylic acids is 1. The van der Waals surface area contributed by atoms with E-state index in [0.717, 1.165) is 28.8 Å². The molecule has 22 heavy (non-hydrogen) atoms. The van der Waals surface area contributed by atoms with Crippen LogP contribution in [0.1, 0.15) is 38.3 Å². The summed E-state index contributed by atoms with van der Waals surface area (Å²) in [5, 5.41) is 3.15. The van der Waals surface area contributed by atoms with Gasteiger partial charge in [0.1, 0.15) is 0 Å². The first-order valence-corrected chi connectivity index (χ1v) is 7.56. The van der Waals surface area contributed by atoms with Crippen LogP contribution in [0.2, 0.25) is 0 Å². The van der Waals surface area contributed by atoms with Gasteiger partial charge in [-0.1, -0.05) is 50.3 Å². The number of allylic oxidation sites excluding steroid dienone is 1. The summed E-state index contributed by atoms with van der Waals surface area (Å²) in [5.74, 6) is 0.381. The number of hydrogen-bond donors (Lipinski definition) is 1. The fraction of sp³-hybridized carbons (Fsp3) is 0.368. The van der Waals surface area contributed by atoms with Crippen molar-refractivity contribution in [2.24, 2.45) is 10.9 Å². The molecule has 0 fully saturated rings. The molecule has 0 spiro atoms. The third-order valence-corrected chi connectivity index (χ3v) is 3.25. The lowest BCUT2D eigenvalue weighted by molar-refractivity contribution is -0.102. The van der Waals surface area contributed by atoms with Crippen molar-refractivity contribution in [2.75, 3.05) is 7.05 Å². The molecule has 3 heteroatoms. The van der Waals surface area contributed by atoms with Crippen molar-refractivity contribution >= 4 is 17.7 Å². The Morgan fingerprint density at radius 1 is 1.32 bits per heavy atom. The Hall–Kier alpha value is -2.16. The molecule has 1 aromatic rings. The second-order valence-electron chi connectivity index (χ2n) is 5.94. The lowest BCUT2D eigenvalue weighted by atomic mass is 10.0. The molecule has 1 N–H and O–H groups in total. The highest BCUT2D eigenvalue weighted by molar-refractivity contribution is 6.29. The highest BCUT2D eigenvalue weighted by atomic mass is 16.1. The number of aryl methyl sites for hydroxylation is 1. The molecule has 0 radical (unpaired) electrons. The van der Waals surface area contributed by atoms with Gasteiger partial charge in [0.2, 0.25) is 0 Å². The first-order valence-electron chi connectivity index (χ1n) is 7.56. The molecule has 0 aliphatic carbocycles. The summed E-state index contributed by atoms with van der Waals surface area (Å²) in [5.41, 5.74) is 5.22. The topological polar surface area (TPSA) is 41.5 Å². The zero-order valence-corrected chi connectivity index (χ0v) is 14.2. The number of hydrogen-bond acceptors (Lipinski definition) is 3. The van der Waals surface area contributed by atoms with E-state index in [0.29, 0.717) is 18.1 Å². The maximum atomic E-state index is 11.3. The minimum absolute atomic E-state index is 0.381. The average Bonchev–Trinajstić information content (AvgIpc) is 2.46. The molecular formula is C19H26N2O. The normalized spacial score (nSPS) is 12.9. The smallest absolute Gasteiger partial charge is 0.164 e. The third-order valence-electron chi connectivity index (χ3n) is 3.25. The molecule has 0 atom stereocenters. The average molecular weight is 298 g/mol. The largest absolute Gasteiger partial charge is 0.386 e. The van der Waals surface area contributed by atoms with Gasteiger partial charge in [-0.15, -0.1) is 0 Å². The molecule has 1 aromatic carbocycles. The van der Waals surface area contributed by atoms with Crippen LogP contribution in [0.5, 0.6) is 0 Å². The molecule has 0 saturated carbocycles. The van der Waals surface area contributed by atoms with Crippen LogP contribution < -0.4 is 5.32 Å². The van der Waals surface area contributed by atoms with E-state index < -0.39 is 0 Å². The predicted molar refractivity (Wildman–Crippen MR) is 94.9 cm³/mol. The van der Waals surface area contributed by atoms with E-state index in [1.807, 2.05) is 45.2 Å². The van der Waals surface area contributed by atoms with Crippen LogP contribution in [0.15, 0.2) is 47.1 Å². The van der Waals surface area contributed by atoms with Crippen LogP contribution in [0, 0.1) is 12.8 Å². The van der Waals surface area contributed by atoms with E-state index in [4.69, 9.17) is 0 Å². The zero-order valence-electron chi connectivity index (χ0n) is 14.2. The highest BCUT2D eigenvalue weighted by Gasteiger charge is 2.11. The fourth-order valence-corrected chi connectivity index (χ4v) is 2.19. The van der Waals surface area contributed by atoms with Gasteiger partial charge in [0, 0.05) is 12.6 Å². The summed E-state index contributed by atoms with van der Waals surface area (Å²) in [6, 6.07) is 8.12. The summed E-state index contributed by atoms with van der Waals surface area (Å²) in [4.78, 5) is 16.0. The molecule has 0 aliphatic rings. The van der Waals surface area contributed by atoms with Gasteiger partial charge in [-0.2, -0.15) is 0 Å². The number of carbonyl (C=O) groups is 1. The molecule has 1 rings (SSSR count). The number of rotatable bonds is 7. The van der Waals surface area contributed by atoms with Gasteiger partial charge in [-0.25, -0.2) is 4.99 Å². The fourth-order valence-electron chi connectivity index (χ4n) is 2.19. The Balaban J connectivity index is 3.46. The third kappa shape index (κ3) is 4.99. The minimum atomic E-state index is 0.381. The van der Waals surface area contributed by atoms with Crippen molar-refractivity contribution < 1.29 is 4.79 Å². The number of benzene rings is 1. The van der Waals surface area contributed by atoms with E-state index in [9.17, 15) is 4.79 Å². The van der Waals surface area contributed by atoms with Gasteiger partial charge in [0.25, 0.3) is 0 Å². The number of nitrogens with one attached hydrogen (secondary N) is 1. The van der Waals surface area contributed by atoms with Gasteiger partial charge >= 0.3 is 0 Å². The van der Waals surface area contributed by atoms with Crippen molar-refractivity contribution in [3.05, 3.63) is 53.2 Å². The standard InChI is InChI=1S/C19H26N2O/c1-13(2)11-17(12-22)21-19(18(20-6)14(3)4)16-9-7-15(5)8-10-16/h7-10,12-13,20H,3,11H2,1-2,4-6H3/b19-18-,21-17?. The molecule has 0 unspecified atom stereocenters. The highest BCUT2D eigenvalue weighted by Crippen LogP contribution is 2.24. The summed E-state index contributed by atoms with van der Waals surface area (Å²) in [6.45, 7) is 12.1. The Morgan fingerprint density at radius 3 is 2.32 bits per heavy atom. The molecule has 0 aliphatic heterocycles. The van der Waals surface area contributed by atoms with Crippen LogP contribution in [-0.2, 0) is 4.79 Å². The minimum Gasteiger partial charge on any atom is -0.386 e. The quantitative estimate of drug-likeness (QED) is 0.467. The lowest BCUT2D eigenvalue weighted by Crippen LogP contribution is -2.11. The molecule has 0 heterocycles. The summed E-state index contributed by atoms with van der Waals surface area (Å²) < 4.78 is 0. The molecule has 0 bridgehead atoms. The van der Waals surface area contributed by atoms with Crippen molar-refractivity contribution in [3.63, 3.8) is 0 Å². The van der Waals surface area contributed by atoms with Crippen molar-refractivity contribution in [3.8, 4) is 0 Å². The number of aliphatic imine (C=N–C) groups is 1. The van der Waals surface area contributed by atoms with Gasteiger partial charge in [0.05, 0.1) is 17.1 Å². The maximum absolute atomic E-state index is 11.3. The Kier molecular flexibility index (Phi) is 6.77. The van der Waals surface area contributed by atoms with Gasteiger partial charge in [-0.3, -0.25) is 4.79 Å². The second kappa shape index (κ2) is 8.32. The molecular weight excluding hydrogens is 272 g/mol. The molecule has 0 saturated heterocycles. The zero-order chi connectivity index (χ0) is 16.7. The number of aldehydes is 1. The molecule has 0 aromatic heterocycles. The van der Waals surface area contributed by atoms with E-state index in [1.54, 1.807) is 0 Å². The van der Waals surface area contributed by atoms with Crippen LogP contribution in [-0.4, -0.2) is 19.0 Å². The lowest BCUT2D eigenvalue weighted by Gasteiger charge is -2.14. The maximum Gasteiger partial charge on any atom is 0.164 e. The first-order chi connectivity index (χ1) is 10.4. The van der Waals surface area contributed by atoms with Crippen LogP contribution in [0.25, 0.3) is 5.70 Å². The monoisotopic (exact) mass is 298 g/mol. The van der Waals surface area contributed by atoms with Crippen LogP contribution >= 0.6 is 0 Å². The Bertz CT molecular complexity index is 592. The van der Waals surface area contributed by atoms with Crippen molar-refractivity contribution in [1.29, 1.82) is 0 Å². The Labute approximate surface area is 133 Å². The second-order valence-corrected chi connectivity index (χ2v) is 5.94. The van der Waals surface area contributed by atoms with Gasteiger partial charge in [0.15, 0.2) is 6.29 Å². The van der Waals surface area contributed by atoms with Gasteiger partial charge < -0.3 is 5.32 Å². The van der Waals surface area contributed by atoms with E-state index in [-0.39, 0.29) is 0 Å². The SMILES string of the molecule is C=C(C)/C(NC)=C(/N=C(C=O)CC(C)C)c1ccc(C)cc1. The first kappa shape index (κ1) is 17.9. The summed E-state index contributed by atoms with van der Waals surface area (Å²) in [7, 11) is 1.84. The predicted octanol–water partition coefficient (Wildman–Crippen LogP) is 4.15. The molecule has 118 valence electrons. The van der Waals surface area contributed by atoms with Crippen LogP contribution in [0.4, 0.5) is 0 Å². The van der Waals surface area contributed by atoms with E-state index >= 15 is 0 Å². The number of nitrogens with zero attached hydrogens (tertiary/aromatic N) is 1. The van der Waals surface area contributed by atoms with Crippen molar-refractivity contribution in [2.45, 2.75) is 34.1 Å².